The second kappa shape index (κ2) is 9.26. The SMILES string of the molecule is COc1ccc(-c2nc(=O)n(CC(=O)c3ccccc3)nc2-c2ccc(OC)cc2)cc1. The van der Waals surface area contributed by atoms with E-state index in [4.69, 9.17) is 9.47 Å². The number of hydrogen-bond acceptors (Lipinski definition) is 6. The molecule has 7 nitrogen and oxygen atoms in total. The van der Waals surface area contributed by atoms with Gasteiger partial charge in [-0.05, 0) is 48.5 Å². The Morgan fingerprint density at radius 3 is 1.84 bits per heavy atom. The van der Waals surface area contributed by atoms with Crippen molar-refractivity contribution in [2.24, 2.45) is 0 Å². The lowest BCUT2D eigenvalue weighted by Gasteiger charge is -2.12. The van der Waals surface area contributed by atoms with Gasteiger partial charge in [0, 0.05) is 16.7 Å². The molecular formula is C25H21N3O4. The molecule has 32 heavy (non-hydrogen) atoms. The summed E-state index contributed by atoms with van der Waals surface area (Å²) in [5.74, 6) is 1.16. The Labute approximate surface area is 184 Å². The number of aromatic nitrogens is 3. The predicted molar refractivity (Wildman–Crippen MR) is 121 cm³/mol. The van der Waals surface area contributed by atoms with Gasteiger partial charge in [-0.25, -0.2) is 9.48 Å². The molecule has 0 fully saturated rings. The van der Waals surface area contributed by atoms with Gasteiger partial charge in [0.1, 0.15) is 29.4 Å². The highest BCUT2D eigenvalue weighted by Crippen LogP contribution is 2.29. The van der Waals surface area contributed by atoms with Crippen LogP contribution in [0.1, 0.15) is 10.4 Å². The molecule has 160 valence electrons. The van der Waals surface area contributed by atoms with Crippen LogP contribution in [0, 0.1) is 0 Å². The van der Waals surface area contributed by atoms with Crippen molar-refractivity contribution < 1.29 is 14.3 Å². The molecule has 1 heterocycles. The van der Waals surface area contributed by atoms with Gasteiger partial charge < -0.3 is 9.47 Å². The van der Waals surface area contributed by atoms with Crippen molar-refractivity contribution in [3.05, 3.63) is 94.9 Å². The van der Waals surface area contributed by atoms with Gasteiger partial charge in [-0.3, -0.25) is 4.79 Å². The summed E-state index contributed by atoms with van der Waals surface area (Å²) in [7, 11) is 3.18. The second-order valence-electron chi connectivity index (χ2n) is 7.00. The Morgan fingerprint density at radius 1 is 0.781 bits per heavy atom. The van der Waals surface area contributed by atoms with Crippen LogP contribution in [0.5, 0.6) is 11.5 Å². The van der Waals surface area contributed by atoms with Gasteiger partial charge in [-0.15, -0.1) is 0 Å². The van der Waals surface area contributed by atoms with E-state index in [1.165, 1.54) is 0 Å². The van der Waals surface area contributed by atoms with Crippen molar-refractivity contribution in [3.8, 4) is 34.0 Å². The Bertz CT molecular complexity index is 1280. The maximum atomic E-state index is 12.8. The fourth-order valence-corrected chi connectivity index (χ4v) is 3.26. The summed E-state index contributed by atoms with van der Waals surface area (Å²) in [6, 6.07) is 23.3. The van der Waals surface area contributed by atoms with Crippen LogP contribution in [0.25, 0.3) is 22.5 Å². The van der Waals surface area contributed by atoms with Crippen molar-refractivity contribution in [2.75, 3.05) is 14.2 Å². The maximum absolute atomic E-state index is 12.8. The number of methoxy groups -OCH3 is 2. The highest BCUT2D eigenvalue weighted by Gasteiger charge is 2.17. The number of nitrogens with zero attached hydrogens (tertiary/aromatic N) is 3. The molecule has 0 unspecified atom stereocenters. The molecule has 0 N–H and O–H groups in total. The van der Waals surface area contributed by atoms with E-state index in [1.807, 2.05) is 30.3 Å². The van der Waals surface area contributed by atoms with E-state index >= 15 is 0 Å². The van der Waals surface area contributed by atoms with Crippen LogP contribution < -0.4 is 15.2 Å². The molecule has 4 rings (SSSR count). The molecule has 0 spiro atoms. The fraction of sp³-hybridized carbons (Fsp3) is 0.120. The number of rotatable bonds is 7. The van der Waals surface area contributed by atoms with Crippen LogP contribution in [0.15, 0.2) is 83.7 Å². The Hall–Kier alpha value is -4.26. The predicted octanol–water partition coefficient (Wildman–Crippen LogP) is 3.87. The monoisotopic (exact) mass is 427 g/mol. The summed E-state index contributed by atoms with van der Waals surface area (Å²) < 4.78 is 11.6. The molecule has 0 aliphatic rings. The Balaban J connectivity index is 1.81. The Kier molecular flexibility index (Phi) is 6.07. The highest BCUT2D eigenvalue weighted by atomic mass is 16.5. The second-order valence-corrected chi connectivity index (χ2v) is 7.00. The van der Waals surface area contributed by atoms with Gasteiger partial charge in [-0.2, -0.15) is 10.1 Å². The molecule has 0 amide bonds. The van der Waals surface area contributed by atoms with Crippen LogP contribution in [0.4, 0.5) is 0 Å². The van der Waals surface area contributed by atoms with Gasteiger partial charge in [-0.1, -0.05) is 30.3 Å². The first kappa shape index (κ1) is 21.0. The third kappa shape index (κ3) is 4.41. The van der Waals surface area contributed by atoms with E-state index in [0.29, 0.717) is 34.0 Å². The smallest absolute Gasteiger partial charge is 0.365 e. The number of ether oxygens (including phenoxy) is 2. The first-order chi connectivity index (χ1) is 15.6. The van der Waals surface area contributed by atoms with Crippen molar-refractivity contribution in [1.82, 2.24) is 14.8 Å². The van der Waals surface area contributed by atoms with Crippen LogP contribution in [-0.4, -0.2) is 34.8 Å². The molecule has 0 radical (unpaired) electrons. The first-order valence-corrected chi connectivity index (χ1v) is 9.95. The highest BCUT2D eigenvalue weighted by molar-refractivity contribution is 5.95. The minimum Gasteiger partial charge on any atom is -0.497 e. The number of ketones is 1. The van der Waals surface area contributed by atoms with Crippen molar-refractivity contribution in [3.63, 3.8) is 0 Å². The van der Waals surface area contributed by atoms with Crippen molar-refractivity contribution in [2.45, 2.75) is 6.54 Å². The van der Waals surface area contributed by atoms with Gasteiger partial charge in [0.05, 0.1) is 14.2 Å². The first-order valence-electron chi connectivity index (χ1n) is 9.95. The van der Waals surface area contributed by atoms with E-state index in [2.05, 4.69) is 10.1 Å². The molecule has 4 aromatic rings. The van der Waals surface area contributed by atoms with E-state index in [9.17, 15) is 9.59 Å². The zero-order chi connectivity index (χ0) is 22.5. The lowest BCUT2D eigenvalue weighted by atomic mass is 10.0. The van der Waals surface area contributed by atoms with E-state index < -0.39 is 5.69 Å². The van der Waals surface area contributed by atoms with Crippen LogP contribution in [0.2, 0.25) is 0 Å². The number of benzene rings is 3. The van der Waals surface area contributed by atoms with Crippen molar-refractivity contribution >= 4 is 5.78 Å². The van der Waals surface area contributed by atoms with Gasteiger partial charge in [0.15, 0.2) is 5.78 Å². The van der Waals surface area contributed by atoms with Crippen molar-refractivity contribution in [1.29, 1.82) is 0 Å². The Morgan fingerprint density at radius 2 is 1.31 bits per heavy atom. The topological polar surface area (TPSA) is 83.3 Å². The lowest BCUT2D eigenvalue weighted by molar-refractivity contribution is 0.0965. The number of Topliss-reactive ketones (excluding diaryl/α,β-unsaturated/α-hetero) is 1. The summed E-state index contributed by atoms with van der Waals surface area (Å²) in [5.41, 5.74) is 2.26. The third-order valence-electron chi connectivity index (χ3n) is 4.99. The summed E-state index contributed by atoms with van der Waals surface area (Å²) in [5, 5.41) is 4.53. The summed E-state index contributed by atoms with van der Waals surface area (Å²) in [6.07, 6.45) is 0. The minimum atomic E-state index is -0.600. The van der Waals surface area contributed by atoms with E-state index in [0.717, 1.165) is 10.2 Å². The largest absolute Gasteiger partial charge is 0.497 e. The standard InChI is InChI=1S/C25H21N3O4/c1-31-20-12-8-18(9-13-20)23-24(19-10-14-21(32-2)15-11-19)27-28(25(30)26-23)16-22(29)17-6-4-3-5-7-17/h3-15H,16H2,1-2H3. The minimum absolute atomic E-state index is 0.206. The summed E-state index contributed by atoms with van der Waals surface area (Å²) >= 11 is 0. The zero-order valence-corrected chi connectivity index (χ0v) is 17.7. The molecular weight excluding hydrogens is 406 g/mol. The molecule has 0 saturated carbocycles. The van der Waals surface area contributed by atoms with Gasteiger partial charge >= 0.3 is 5.69 Å². The molecule has 1 aromatic heterocycles. The van der Waals surface area contributed by atoms with Gasteiger partial charge in [0.25, 0.3) is 0 Å². The molecule has 0 saturated heterocycles. The van der Waals surface area contributed by atoms with E-state index in [-0.39, 0.29) is 12.3 Å². The van der Waals surface area contributed by atoms with Crippen LogP contribution in [-0.2, 0) is 6.54 Å². The van der Waals surface area contributed by atoms with Crippen LogP contribution >= 0.6 is 0 Å². The maximum Gasteiger partial charge on any atom is 0.365 e. The average Bonchev–Trinajstić information content (AvgIpc) is 2.85. The quantitative estimate of drug-likeness (QED) is 0.417. The summed E-state index contributed by atoms with van der Waals surface area (Å²) in [4.78, 5) is 29.7. The molecule has 0 bridgehead atoms. The molecule has 7 heteroatoms. The van der Waals surface area contributed by atoms with E-state index in [1.54, 1.807) is 62.8 Å². The third-order valence-corrected chi connectivity index (χ3v) is 4.99. The number of carbonyl (C=O) groups excluding carboxylic acids is 1. The number of hydrogen-bond donors (Lipinski definition) is 0. The van der Waals surface area contributed by atoms with Crippen LogP contribution in [0.3, 0.4) is 0 Å². The molecule has 0 aliphatic carbocycles. The lowest BCUT2D eigenvalue weighted by Crippen LogP contribution is -2.30. The summed E-state index contributed by atoms with van der Waals surface area (Å²) in [6.45, 7) is -0.206. The van der Waals surface area contributed by atoms with Gasteiger partial charge in [0.2, 0.25) is 0 Å². The normalized spacial score (nSPS) is 10.6. The zero-order valence-electron chi connectivity index (χ0n) is 17.7. The molecule has 3 aromatic carbocycles. The fourth-order valence-electron chi connectivity index (χ4n) is 3.26. The average molecular weight is 427 g/mol. The molecule has 0 atom stereocenters. The number of carbonyl (C=O) groups is 1. The molecule has 0 aliphatic heterocycles.